The molecule has 0 saturated heterocycles. The second kappa shape index (κ2) is 12.8. The molecule has 0 aromatic heterocycles. The highest BCUT2D eigenvalue weighted by Gasteiger charge is 2.32. The first-order valence-corrected chi connectivity index (χ1v) is 12.9. The second-order valence-corrected chi connectivity index (χ2v) is 9.62. The molecule has 1 saturated carbocycles. The number of carbonyl (C=O) groups excluding carboxylic acids is 2. The van der Waals surface area contributed by atoms with Crippen LogP contribution in [0.3, 0.4) is 0 Å². The van der Waals surface area contributed by atoms with Gasteiger partial charge in [-0.1, -0.05) is 98.1 Å². The van der Waals surface area contributed by atoms with Gasteiger partial charge in [0.2, 0.25) is 11.8 Å². The van der Waals surface area contributed by atoms with Gasteiger partial charge in [0.05, 0.1) is 11.3 Å². The molecule has 7 nitrogen and oxygen atoms in total. The summed E-state index contributed by atoms with van der Waals surface area (Å²) in [6.07, 6.45) is 5.41. The average molecular weight is 500 g/mol. The third-order valence-electron chi connectivity index (χ3n) is 6.95. The Kier molecular flexibility index (Phi) is 9.03. The lowest BCUT2D eigenvalue weighted by Crippen LogP contribution is -2.53. The number of rotatable bonds is 10. The van der Waals surface area contributed by atoms with Crippen LogP contribution in [0.15, 0.2) is 84.9 Å². The maximum absolute atomic E-state index is 13.8. The Labute approximate surface area is 217 Å². The number of hydrogen-bond donors (Lipinski definition) is 1. The van der Waals surface area contributed by atoms with Gasteiger partial charge in [-0.2, -0.15) is 0 Å². The molecule has 0 radical (unpaired) electrons. The van der Waals surface area contributed by atoms with Gasteiger partial charge in [-0.15, -0.1) is 0 Å². The Morgan fingerprint density at radius 3 is 2.11 bits per heavy atom. The molecule has 1 N–H and O–H groups in total. The summed E-state index contributed by atoms with van der Waals surface area (Å²) in [6.45, 7) is 0.232. The van der Waals surface area contributed by atoms with Gasteiger partial charge in [0.15, 0.2) is 0 Å². The number of para-hydroxylation sites is 1. The molecule has 3 aromatic carbocycles. The van der Waals surface area contributed by atoms with Crippen molar-refractivity contribution in [2.24, 2.45) is 0 Å². The van der Waals surface area contributed by atoms with Crippen LogP contribution in [0.4, 0.5) is 5.69 Å². The topological polar surface area (TPSA) is 92.6 Å². The lowest BCUT2D eigenvalue weighted by molar-refractivity contribution is -0.385. The van der Waals surface area contributed by atoms with Crippen molar-refractivity contribution in [3.63, 3.8) is 0 Å². The third-order valence-corrected chi connectivity index (χ3v) is 6.95. The first-order chi connectivity index (χ1) is 18.0. The third kappa shape index (κ3) is 7.26. The maximum atomic E-state index is 13.8. The van der Waals surface area contributed by atoms with Crippen LogP contribution in [0.25, 0.3) is 0 Å². The SMILES string of the molecule is O=C(NC1CCCCC1)C(Cc1ccccc1)N(Cc1ccccc1)C(=O)Cc1ccccc1[N+](=O)[O-]. The van der Waals surface area contributed by atoms with Crippen molar-refractivity contribution in [1.82, 2.24) is 10.2 Å². The van der Waals surface area contributed by atoms with Crippen LogP contribution in [0.1, 0.15) is 48.8 Å². The first kappa shape index (κ1) is 26.1. The molecular weight excluding hydrogens is 466 g/mol. The minimum absolute atomic E-state index is 0.0956. The number of nitro benzene ring substituents is 1. The molecule has 0 heterocycles. The molecule has 1 fully saturated rings. The largest absolute Gasteiger partial charge is 0.352 e. The number of benzene rings is 3. The van der Waals surface area contributed by atoms with Gasteiger partial charge in [-0.05, 0) is 24.0 Å². The normalized spacial score (nSPS) is 14.5. The minimum atomic E-state index is -0.750. The fourth-order valence-electron chi connectivity index (χ4n) is 4.98. The van der Waals surface area contributed by atoms with E-state index < -0.39 is 11.0 Å². The van der Waals surface area contributed by atoms with E-state index in [1.54, 1.807) is 23.1 Å². The van der Waals surface area contributed by atoms with E-state index in [0.29, 0.717) is 12.0 Å². The van der Waals surface area contributed by atoms with Gasteiger partial charge in [0.1, 0.15) is 6.04 Å². The van der Waals surface area contributed by atoms with Crippen molar-refractivity contribution in [2.45, 2.75) is 63.6 Å². The zero-order valence-electron chi connectivity index (χ0n) is 20.9. The van der Waals surface area contributed by atoms with Crippen molar-refractivity contribution in [3.8, 4) is 0 Å². The van der Waals surface area contributed by atoms with Crippen LogP contribution in [-0.4, -0.2) is 33.7 Å². The number of amides is 2. The molecular formula is C30H33N3O4. The van der Waals surface area contributed by atoms with E-state index in [2.05, 4.69) is 5.32 Å². The van der Waals surface area contributed by atoms with Gasteiger partial charge < -0.3 is 10.2 Å². The van der Waals surface area contributed by atoms with Crippen LogP contribution < -0.4 is 5.32 Å². The number of carbonyl (C=O) groups is 2. The van der Waals surface area contributed by atoms with E-state index in [-0.39, 0.29) is 36.5 Å². The number of nitrogens with zero attached hydrogens (tertiary/aromatic N) is 2. The lowest BCUT2D eigenvalue weighted by atomic mass is 9.94. The molecule has 4 rings (SSSR count). The fraction of sp³-hybridized carbons (Fsp3) is 0.333. The molecule has 3 aromatic rings. The van der Waals surface area contributed by atoms with E-state index in [1.165, 1.54) is 12.5 Å². The van der Waals surface area contributed by atoms with Crippen molar-refractivity contribution < 1.29 is 14.5 Å². The Bertz CT molecular complexity index is 1190. The van der Waals surface area contributed by atoms with E-state index in [9.17, 15) is 19.7 Å². The molecule has 1 unspecified atom stereocenters. The lowest BCUT2D eigenvalue weighted by Gasteiger charge is -2.33. The summed E-state index contributed by atoms with van der Waals surface area (Å²) in [7, 11) is 0. The maximum Gasteiger partial charge on any atom is 0.273 e. The highest BCUT2D eigenvalue weighted by molar-refractivity contribution is 5.89. The van der Waals surface area contributed by atoms with E-state index in [0.717, 1.165) is 36.8 Å². The van der Waals surface area contributed by atoms with Crippen LogP contribution in [-0.2, 0) is 29.0 Å². The summed E-state index contributed by atoms with van der Waals surface area (Å²) in [5, 5.41) is 14.8. The van der Waals surface area contributed by atoms with Gasteiger partial charge in [0, 0.05) is 30.6 Å². The van der Waals surface area contributed by atoms with Crippen LogP contribution in [0.5, 0.6) is 0 Å². The molecule has 37 heavy (non-hydrogen) atoms. The van der Waals surface area contributed by atoms with Gasteiger partial charge in [-0.25, -0.2) is 0 Å². The molecule has 2 amide bonds. The average Bonchev–Trinajstić information content (AvgIpc) is 2.92. The summed E-state index contributed by atoms with van der Waals surface area (Å²) in [4.78, 5) is 40.3. The quantitative estimate of drug-likeness (QED) is 0.306. The van der Waals surface area contributed by atoms with Crippen LogP contribution in [0.2, 0.25) is 0 Å². The predicted molar refractivity (Wildman–Crippen MR) is 143 cm³/mol. The zero-order valence-corrected chi connectivity index (χ0v) is 20.9. The van der Waals surface area contributed by atoms with E-state index in [1.807, 2.05) is 60.7 Å². The number of nitrogens with one attached hydrogen (secondary N) is 1. The fourth-order valence-corrected chi connectivity index (χ4v) is 4.98. The zero-order chi connectivity index (χ0) is 26.0. The summed E-state index contributed by atoms with van der Waals surface area (Å²) in [6, 6.07) is 24.8. The van der Waals surface area contributed by atoms with Crippen molar-refractivity contribution in [2.75, 3.05) is 0 Å². The van der Waals surface area contributed by atoms with Gasteiger partial charge >= 0.3 is 0 Å². The summed E-state index contributed by atoms with van der Waals surface area (Å²) in [5.41, 5.74) is 2.08. The highest BCUT2D eigenvalue weighted by Crippen LogP contribution is 2.23. The molecule has 0 aliphatic heterocycles. The standard InChI is InChI=1S/C30H33N3O4/c34-29(21-25-16-10-11-19-27(25)33(36)37)32(22-24-14-6-2-7-15-24)28(20-23-12-4-1-5-13-23)30(35)31-26-17-8-3-9-18-26/h1-2,4-7,10-16,19,26,28H,3,8-9,17-18,20-22H2,(H,31,35). The summed E-state index contributed by atoms with van der Waals surface area (Å²) < 4.78 is 0. The highest BCUT2D eigenvalue weighted by atomic mass is 16.6. The number of hydrogen-bond acceptors (Lipinski definition) is 4. The summed E-state index contributed by atoms with van der Waals surface area (Å²) in [5.74, 6) is -0.500. The Morgan fingerprint density at radius 2 is 1.46 bits per heavy atom. The Morgan fingerprint density at radius 1 is 0.865 bits per heavy atom. The first-order valence-electron chi connectivity index (χ1n) is 12.9. The van der Waals surface area contributed by atoms with Gasteiger partial charge in [-0.3, -0.25) is 19.7 Å². The van der Waals surface area contributed by atoms with Crippen molar-refractivity contribution >= 4 is 17.5 Å². The van der Waals surface area contributed by atoms with E-state index in [4.69, 9.17) is 0 Å². The smallest absolute Gasteiger partial charge is 0.273 e. The van der Waals surface area contributed by atoms with Crippen LogP contribution >= 0.6 is 0 Å². The molecule has 1 aliphatic carbocycles. The Balaban J connectivity index is 1.67. The van der Waals surface area contributed by atoms with Gasteiger partial charge in [0.25, 0.3) is 5.69 Å². The predicted octanol–water partition coefficient (Wildman–Crippen LogP) is 5.23. The van der Waals surface area contributed by atoms with Crippen LogP contribution in [0, 0.1) is 10.1 Å². The molecule has 1 atom stereocenters. The molecule has 192 valence electrons. The summed E-state index contributed by atoms with van der Waals surface area (Å²) >= 11 is 0. The molecule has 1 aliphatic rings. The van der Waals surface area contributed by atoms with Crippen molar-refractivity contribution in [1.29, 1.82) is 0 Å². The molecule has 0 bridgehead atoms. The molecule has 0 spiro atoms. The molecule has 7 heteroatoms. The second-order valence-electron chi connectivity index (χ2n) is 9.62. The van der Waals surface area contributed by atoms with E-state index >= 15 is 0 Å². The monoisotopic (exact) mass is 499 g/mol. The van der Waals surface area contributed by atoms with Crippen molar-refractivity contribution in [3.05, 3.63) is 112 Å². The minimum Gasteiger partial charge on any atom is -0.352 e. The number of nitro groups is 1. The Hall–Kier alpha value is -4.00.